The van der Waals surface area contributed by atoms with Gasteiger partial charge in [-0.25, -0.2) is 13.1 Å². The third-order valence-electron chi connectivity index (χ3n) is 3.45. The van der Waals surface area contributed by atoms with Crippen LogP contribution in [-0.4, -0.2) is 32.8 Å². The molecular weight excluding hydrogens is 378 g/mol. The maximum absolute atomic E-state index is 12.2. The lowest BCUT2D eigenvalue weighted by Crippen LogP contribution is -2.29. The molecule has 0 aromatic carbocycles. The van der Waals surface area contributed by atoms with Gasteiger partial charge in [-0.1, -0.05) is 19.3 Å². The molecule has 0 unspecified atom stereocenters. The molecule has 21 heavy (non-hydrogen) atoms. The average Bonchev–Trinajstić information content (AvgIpc) is 2.87. The number of rotatable bonds is 7. The third kappa shape index (κ3) is 5.01. The number of hydrogen-bond donors (Lipinski definition) is 2. The topological polar surface area (TPSA) is 75.6 Å². The predicted octanol–water partition coefficient (Wildman–Crippen LogP) is 2.63. The van der Waals surface area contributed by atoms with Crippen LogP contribution in [0.2, 0.25) is 0 Å². The fraction of sp³-hybridized carbons (Fsp3) is 0.692. The molecule has 0 bridgehead atoms. The number of sulfonamides is 1. The highest BCUT2D eigenvalue weighted by Crippen LogP contribution is 2.31. The molecule has 0 amide bonds. The first kappa shape index (κ1) is 17.4. The second-order valence-electron chi connectivity index (χ2n) is 5.04. The average molecular weight is 398 g/mol. The van der Waals surface area contributed by atoms with Gasteiger partial charge in [0.25, 0.3) is 0 Å². The zero-order valence-electron chi connectivity index (χ0n) is 11.7. The van der Waals surface area contributed by atoms with Crippen molar-refractivity contribution in [1.82, 2.24) is 4.72 Å². The van der Waals surface area contributed by atoms with E-state index in [0.717, 1.165) is 12.8 Å². The molecule has 2 N–H and O–H groups in total. The predicted molar refractivity (Wildman–Crippen MR) is 86.0 cm³/mol. The van der Waals surface area contributed by atoms with Gasteiger partial charge in [0.1, 0.15) is 4.90 Å². The monoisotopic (exact) mass is 397 g/mol. The quantitative estimate of drug-likeness (QED) is 0.693. The van der Waals surface area contributed by atoms with Crippen molar-refractivity contribution in [3.63, 3.8) is 0 Å². The third-order valence-corrected chi connectivity index (χ3v) is 7.15. The Morgan fingerprint density at radius 2 is 2.10 bits per heavy atom. The number of ether oxygens (including phenoxy) is 1. The molecule has 1 aliphatic rings. The molecule has 0 saturated heterocycles. The van der Waals surface area contributed by atoms with E-state index in [-0.39, 0.29) is 24.2 Å². The van der Waals surface area contributed by atoms with E-state index < -0.39 is 10.0 Å². The minimum atomic E-state index is -3.56. The highest BCUT2D eigenvalue weighted by atomic mass is 79.9. The summed E-state index contributed by atoms with van der Waals surface area (Å²) in [5.74, 6) is 0. The number of aliphatic hydroxyl groups is 1. The Morgan fingerprint density at radius 1 is 1.38 bits per heavy atom. The Kier molecular flexibility index (Phi) is 6.64. The van der Waals surface area contributed by atoms with Gasteiger partial charge in [-0.15, -0.1) is 11.3 Å². The molecule has 0 atom stereocenters. The van der Waals surface area contributed by atoms with Crippen LogP contribution in [0.1, 0.15) is 37.0 Å². The van der Waals surface area contributed by atoms with Crippen LogP contribution in [0.3, 0.4) is 0 Å². The van der Waals surface area contributed by atoms with E-state index in [1.165, 1.54) is 36.7 Å². The van der Waals surface area contributed by atoms with Gasteiger partial charge in [-0.05, 0) is 34.8 Å². The second-order valence-corrected chi connectivity index (χ2v) is 9.23. The van der Waals surface area contributed by atoms with Crippen LogP contribution in [0.4, 0.5) is 0 Å². The van der Waals surface area contributed by atoms with Gasteiger partial charge >= 0.3 is 0 Å². The van der Waals surface area contributed by atoms with Crippen LogP contribution in [0, 0.1) is 0 Å². The standard InChI is InChI=1S/C13H20BrNO4S2/c14-13-12(8-11(9-16)20-13)21(17,18)15-6-7-19-10-4-2-1-3-5-10/h8,10,15-16H,1-7,9H2. The van der Waals surface area contributed by atoms with Crippen molar-refractivity contribution < 1.29 is 18.3 Å². The highest BCUT2D eigenvalue weighted by Gasteiger charge is 2.20. The molecule has 1 aromatic rings. The van der Waals surface area contributed by atoms with Gasteiger partial charge in [-0.2, -0.15) is 0 Å². The second kappa shape index (κ2) is 8.03. The molecule has 0 radical (unpaired) electrons. The van der Waals surface area contributed by atoms with Crippen molar-refractivity contribution in [1.29, 1.82) is 0 Å². The molecule has 2 rings (SSSR count). The van der Waals surface area contributed by atoms with Gasteiger partial charge in [0.15, 0.2) is 0 Å². The lowest BCUT2D eigenvalue weighted by molar-refractivity contribution is 0.0321. The van der Waals surface area contributed by atoms with Crippen molar-refractivity contribution >= 4 is 37.3 Å². The summed E-state index contributed by atoms with van der Waals surface area (Å²) in [6.45, 7) is 0.484. The van der Waals surface area contributed by atoms with Crippen LogP contribution in [0.15, 0.2) is 14.7 Å². The van der Waals surface area contributed by atoms with Gasteiger partial charge in [-0.3, -0.25) is 0 Å². The molecule has 5 nitrogen and oxygen atoms in total. The minimum absolute atomic E-state index is 0.163. The molecule has 1 fully saturated rings. The summed E-state index contributed by atoms with van der Waals surface area (Å²) < 4.78 is 33.1. The fourth-order valence-corrected chi connectivity index (χ4v) is 5.92. The number of aliphatic hydroxyl groups excluding tert-OH is 1. The highest BCUT2D eigenvalue weighted by molar-refractivity contribution is 9.11. The van der Waals surface area contributed by atoms with E-state index in [9.17, 15) is 8.42 Å². The van der Waals surface area contributed by atoms with Crippen LogP contribution in [-0.2, 0) is 21.4 Å². The summed E-state index contributed by atoms with van der Waals surface area (Å²) in [5.41, 5.74) is 0. The van der Waals surface area contributed by atoms with Crippen LogP contribution in [0.5, 0.6) is 0 Å². The molecule has 1 aromatic heterocycles. The van der Waals surface area contributed by atoms with Crippen LogP contribution < -0.4 is 4.72 Å². The van der Waals surface area contributed by atoms with Crippen molar-refractivity contribution in [2.75, 3.05) is 13.2 Å². The van der Waals surface area contributed by atoms with Gasteiger partial charge in [0.05, 0.1) is 23.1 Å². The normalized spacial score (nSPS) is 17.2. The Bertz CT molecular complexity index is 553. The minimum Gasteiger partial charge on any atom is -0.391 e. The van der Waals surface area contributed by atoms with Crippen molar-refractivity contribution in [2.24, 2.45) is 0 Å². The summed E-state index contributed by atoms with van der Waals surface area (Å²) in [4.78, 5) is 0.787. The van der Waals surface area contributed by atoms with Crippen molar-refractivity contribution in [3.8, 4) is 0 Å². The van der Waals surface area contributed by atoms with E-state index in [0.29, 0.717) is 15.3 Å². The van der Waals surface area contributed by atoms with E-state index in [1.807, 2.05) is 0 Å². The Balaban J connectivity index is 1.82. The molecule has 0 spiro atoms. The summed E-state index contributed by atoms with van der Waals surface area (Å²) in [6, 6.07) is 1.49. The zero-order chi connectivity index (χ0) is 15.3. The first-order valence-electron chi connectivity index (χ1n) is 7.03. The van der Waals surface area contributed by atoms with E-state index >= 15 is 0 Å². The number of halogens is 1. The number of nitrogens with one attached hydrogen (secondary N) is 1. The van der Waals surface area contributed by atoms with Crippen molar-refractivity contribution in [2.45, 2.75) is 49.7 Å². The Hall–Kier alpha value is 0.01000. The summed E-state index contributed by atoms with van der Waals surface area (Å²) >= 11 is 4.44. The maximum Gasteiger partial charge on any atom is 0.242 e. The van der Waals surface area contributed by atoms with Crippen LogP contribution >= 0.6 is 27.3 Å². The molecule has 1 heterocycles. The summed E-state index contributed by atoms with van der Waals surface area (Å²) in [6.07, 6.45) is 6.08. The SMILES string of the molecule is O=S(=O)(NCCOC1CCCCC1)c1cc(CO)sc1Br. The number of thiophene rings is 1. The van der Waals surface area contributed by atoms with Gasteiger partial charge in [0, 0.05) is 11.4 Å². The van der Waals surface area contributed by atoms with Gasteiger partial charge in [0.2, 0.25) is 10.0 Å². The van der Waals surface area contributed by atoms with Gasteiger partial charge < -0.3 is 9.84 Å². The lowest BCUT2D eigenvalue weighted by atomic mass is 9.98. The van der Waals surface area contributed by atoms with E-state index in [2.05, 4.69) is 20.7 Å². The Morgan fingerprint density at radius 3 is 2.71 bits per heavy atom. The maximum atomic E-state index is 12.2. The molecule has 120 valence electrons. The summed E-state index contributed by atoms with van der Waals surface area (Å²) in [5, 5.41) is 9.05. The fourth-order valence-electron chi connectivity index (χ4n) is 2.37. The molecular formula is C13H20BrNO4S2. The smallest absolute Gasteiger partial charge is 0.242 e. The van der Waals surface area contributed by atoms with E-state index in [4.69, 9.17) is 9.84 Å². The Labute approximate surface area is 137 Å². The van der Waals surface area contributed by atoms with Crippen molar-refractivity contribution in [3.05, 3.63) is 14.7 Å². The first-order valence-corrected chi connectivity index (χ1v) is 10.1. The molecule has 8 heteroatoms. The van der Waals surface area contributed by atoms with Crippen LogP contribution in [0.25, 0.3) is 0 Å². The number of hydrogen-bond acceptors (Lipinski definition) is 5. The van der Waals surface area contributed by atoms with E-state index in [1.54, 1.807) is 0 Å². The molecule has 1 aliphatic carbocycles. The lowest BCUT2D eigenvalue weighted by Gasteiger charge is -2.21. The molecule has 0 aliphatic heterocycles. The zero-order valence-corrected chi connectivity index (χ0v) is 14.9. The largest absolute Gasteiger partial charge is 0.391 e. The first-order chi connectivity index (χ1) is 10.0. The molecule has 1 saturated carbocycles. The summed E-state index contributed by atoms with van der Waals surface area (Å²) in [7, 11) is -3.56.